The lowest BCUT2D eigenvalue weighted by molar-refractivity contribution is -0.129. The van der Waals surface area contributed by atoms with Gasteiger partial charge in [0.25, 0.3) is 0 Å². The Morgan fingerprint density at radius 3 is 2.79 bits per heavy atom. The first-order chi connectivity index (χ1) is 11.6. The van der Waals surface area contributed by atoms with Crippen molar-refractivity contribution < 1.29 is 4.79 Å². The number of guanidine groups is 1. The van der Waals surface area contributed by atoms with Crippen molar-refractivity contribution in [3.8, 4) is 0 Å². The van der Waals surface area contributed by atoms with Gasteiger partial charge in [-0.05, 0) is 44.7 Å². The number of likely N-dealkylation sites (tertiary alicyclic amines) is 2. The molecule has 6 nitrogen and oxygen atoms in total. The maximum atomic E-state index is 11.7. The lowest BCUT2D eigenvalue weighted by atomic mass is 10.0. The van der Waals surface area contributed by atoms with Crippen LogP contribution in [0.5, 0.6) is 0 Å². The van der Waals surface area contributed by atoms with Gasteiger partial charge in [-0.3, -0.25) is 9.79 Å². The van der Waals surface area contributed by atoms with Crippen LogP contribution in [0.3, 0.4) is 0 Å². The summed E-state index contributed by atoms with van der Waals surface area (Å²) in [6.45, 7) is 10.5. The van der Waals surface area contributed by atoms with E-state index in [2.05, 4.69) is 27.4 Å². The molecule has 24 heavy (non-hydrogen) atoms. The molecule has 0 saturated carbocycles. The van der Waals surface area contributed by atoms with Gasteiger partial charge in [0.2, 0.25) is 5.91 Å². The summed E-state index contributed by atoms with van der Waals surface area (Å²) in [5.41, 5.74) is 0. The van der Waals surface area contributed by atoms with Crippen LogP contribution in [0.25, 0.3) is 0 Å². The van der Waals surface area contributed by atoms with E-state index in [0.29, 0.717) is 12.5 Å². The van der Waals surface area contributed by atoms with Gasteiger partial charge in [-0.1, -0.05) is 13.8 Å². The fraction of sp³-hybridized carbons (Fsp3) is 0.889. The van der Waals surface area contributed by atoms with E-state index >= 15 is 0 Å². The summed E-state index contributed by atoms with van der Waals surface area (Å²) in [5.74, 6) is 1.95. The largest absolute Gasteiger partial charge is 0.356 e. The van der Waals surface area contributed by atoms with Gasteiger partial charge in [0, 0.05) is 45.7 Å². The fourth-order valence-electron chi connectivity index (χ4n) is 3.72. The van der Waals surface area contributed by atoms with Crippen molar-refractivity contribution in [2.75, 3.05) is 46.3 Å². The van der Waals surface area contributed by atoms with Crippen LogP contribution in [-0.4, -0.2) is 74.0 Å². The van der Waals surface area contributed by atoms with Crippen molar-refractivity contribution in [3.63, 3.8) is 0 Å². The van der Waals surface area contributed by atoms with Crippen LogP contribution in [0.2, 0.25) is 0 Å². The van der Waals surface area contributed by atoms with E-state index in [1.54, 1.807) is 0 Å². The molecule has 2 heterocycles. The molecule has 0 spiro atoms. The highest BCUT2D eigenvalue weighted by molar-refractivity contribution is 5.80. The van der Waals surface area contributed by atoms with Gasteiger partial charge in [0.15, 0.2) is 5.96 Å². The van der Waals surface area contributed by atoms with Crippen molar-refractivity contribution in [1.29, 1.82) is 0 Å². The average Bonchev–Trinajstić information content (AvgIpc) is 3.05. The summed E-state index contributed by atoms with van der Waals surface area (Å²) in [6.07, 6.45) is 5.45. The molecule has 138 valence electrons. The Morgan fingerprint density at radius 2 is 2.08 bits per heavy atom. The Balaban J connectivity index is 1.62. The first kappa shape index (κ1) is 19.0. The molecule has 0 radical (unpaired) electrons. The third-order valence-corrected chi connectivity index (χ3v) is 5.09. The molecule has 2 atom stereocenters. The maximum Gasteiger partial charge on any atom is 0.222 e. The Labute approximate surface area is 147 Å². The molecule has 2 rings (SSSR count). The lowest BCUT2D eigenvalue weighted by Gasteiger charge is -2.30. The third kappa shape index (κ3) is 5.96. The second-order valence-electron chi connectivity index (χ2n) is 7.22. The van der Waals surface area contributed by atoms with Gasteiger partial charge in [0.1, 0.15) is 0 Å². The second-order valence-corrected chi connectivity index (χ2v) is 7.22. The van der Waals surface area contributed by atoms with E-state index in [9.17, 15) is 4.79 Å². The predicted molar refractivity (Wildman–Crippen MR) is 99.2 cm³/mol. The van der Waals surface area contributed by atoms with Crippen molar-refractivity contribution in [2.45, 2.75) is 52.0 Å². The van der Waals surface area contributed by atoms with Crippen LogP contribution in [0.1, 0.15) is 46.0 Å². The second kappa shape index (κ2) is 9.87. The zero-order valence-corrected chi connectivity index (χ0v) is 15.7. The maximum absolute atomic E-state index is 11.7. The van der Waals surface area contributed by atoms with Crippen molar-refractivity contribution in [3.05, 3.63) is 0 Å². The third-order valence-electron chi connectivity index (χ3n) is 5.09. The van der Waals surface area contributed by atoms with E-state index in [4.69, 9.17) is 0 Å². The minimum absolute atomic E-state index is 0.248. The number of aliphatic imine (C=N–C) groups is 1. The molecule has 0 bridgehead atoms. The molecule has 0 aromatic heterocycles. The van der Waals surface area contributed by atoms with Gasteiger partial charge >= 0.3 is 0 Å². The SMILES string of the molecule is CCC(=O)N1CCC(NC(=NC)NCCCN2CCCC(C)C2)C1. The monoisotopic (exact) mass is 337 g/mol. The molecule has 0 aromatic carbocycles. The molecular formula is C18H35N5O. The molecule has 2 fully saturated rings. The highest BCUT2D eigenvalue weighted by Gasteiger charge is 2.25. The molecular weight excluding hydrogens is 302 g/mol. The van der Waals surface area contributed by atoms with Crippen LogP contribution in [0.4, 0.5) is 0 Å². The van der Waals surface area contributed by atoms with E-state index in [-0.39, 0.29) is 5.91 Å². The molecule has 2 aliphatic rings. The minimum Gasteiger partial charge on any atom is -0.356 e. The minimum atomic E-state index is 0.248. The van der Waals surface area contributed by atoms with Crippen LogP contribution in [0, 0.1) is 5.92 Å². The van der Waals surface area contributed by atoms with E-state index in [0.717, 1.165) is 50.9 Å². The fourth-order valence-corrected chi connectivity index (χ4v) is 3.72. The zero-order valence-electron chi connectivity index (χ0n) is 15.7. The van der Waals surface area contributed by atoms with E-state index in [1.807, 2.05) is 18.9 Å². The van der Waals surface area contributed by atoms with E-state index in [1.165, 1.54) is 25.9 Å². The standard InChI is InChI=1S/C18H35N5O/c1-4-17(24)23-12-8-16(14-23)21-18(19-3)20-9-6-11-22-10-5-7-15(2)13-22/h15-16H,4-14H2,1-3H3,(H2,19,20,21). The quantitative estimate of drug-likeness (QED) is 0.435. The molecule has 2 N–H and O–H groups in total. The molecule has 6 heteroatoms. The number of hydrogen-bond acceptors (Lipinski definition) is 3. The number of carbonyl (C=O) groups excluding carboxylic acids is 1. The molecule has 0 aromatic rings. The summed E-state index contributed by atoms with van der Waals surface area (Å²) in [4.78, 5) is 20.6. The number of carbonyl (C=O) groups is 1. The predicted octanol–water partition coefficient (Wildman–Crippen LogP) is 1.28. The Bertz CT molecular complexity index is 426. The summed E-state index contributed by atoms with van der Waals surface area (Å²) < 4.78 is 0. The van der Waals surface area contributed by atoms with Crippen molar-refractivity contribution >= 4 is 11.9 Å². The number of piperidine rings is 1. The number of hydrogen-bond donors (Lipinski definition) is 2. The molecule has 2 saturated heterocycles. The van der Waals surface area contributed by atoms with Gasteiger partial charge in [-0.15, -0.1) is 0 Å². The van der Waals surface area contributed by atoms with Crippen molar-refractivity contribution in [2.24, 2.45) is 10.9 Å². The molecule has 0 aliphatic carbocycles. The molecule has 2 unspecified atom stereocenters. The highest BCUT2D eigenvalue weighted by atomic mass is 16.2. The Kier molecular flexibility index (Phi) is 7.82. The Morgan fingerprint density at radius 1 is 1.25 bits per heavy atom. The number of nitrogens with zero attached hydrogens (tertiary/aromatic N) is 3. The Hall–Kier alpha value is -1.30. The van der Waals surface area contributed by atoms with Crippen LogP contribution < -0.4 is 10.6 Å². The van der Waals surface area contributed by atoms with Gasteiger partial charge in [0.05, 0.1) is 0 Å². The summed E-state index contributed by atoms with van der Waals surface area (Å²) in [6, 6.07) is 0.314. The normalized spacial score (nSPS) is 25.8. The molecule has 2 aliphatic heterocycles. The summed E-state index contributed by atoms with van der Waals surface area (Å²) in [5, 5.41) is 6.87. The molecule has 1 amide bonds. The highest BCUT2D eigenvalue weighted by Crippen LogP contribution is 2.15. The average molecular weight is 338 g/mol. The van der Waals surface area contributed by atoms with Gasteiger partial charge in [-0.2, -0.15) is 0 Å². The summed E-state index contributed by atoms with van der Waals surface area (Å²) in [7, 11) is 1.81. The van der Waals surface area contributed by atoms with Gasteiger partial charge in [-0.25, -0.2) is 0 Å². The number of amides is 1. The van der Waals surface area contributed by atoms with Crippen molar-refractivity contribution in [1.82, 2.24) is 20.4 Å². The topological polar surface area (TPSA) is 60.0 Å². The first-order valence-electron chi connectivity index (χ1n) is 9.59. The zero-order chi connectivity index (χ0) is 17.4. The first-order valence-corrected chi connectivity index (χ1v) is 9.59. The van der Waals surface area contributed by atoms with Crippen LogP contribution >= 0.6 is 0 Å². The van der Waals surface area contributed by atoms with Crippen LogP contribution in [0.15, 0.2) is 4.99 Å². The number of rotatable bonds is 6. The summed E-state index contributed by atoms with van der Waals surface area (Å²) >= 11 is 0. The smallest absolute Gasteiger partial charge is 0.222 e. The van der Waals surface area contributed by atoms with Crippen LogP contribution in [-0.2, 0) is 4.79 Å². The van der Waals surface area contributed by atoms with E-state index < -0.39 is 0 Å². The number of nitrogens with one attached hydrogen (secondary N) is 2. The lowest BCUT2D eigenvalue weighted by Crippen LogP contribution is -2.45. The van der Waals surface area contributed by atoms with Gasteiger partial charge < -0.3 is 20.4 Å².